The van der Waals surface area contributed by atoms with E-state index in [1.54, 1.807) is 69.6 Å². The molecule has 0 fully saturated rings. The van der Waals surface area contributed by atoms with Crippen molar-refractivity contribution in [2.24, 2.45) is 5.14 Å². The Morgan fingerprint density at radius 1 is 1.24 bits per heavy atom. The summed E-state index contributed by atoms with van der Waals surface area (Å²) in [5, 5.41) is 5.57. The maximum absolute atomic E-state index is 12.9. The van der Waals surface area contributed by atoms with Crippen LogP contribution in [0.4, 0.5) is 0 Å². The molecule has 0 aliphatic heterocycles. The summed E-state index contributed by atoms with van der Waals surface area (Å²) in [5.41, 5.74) is 2.72. The van der Waals surface area contributed by atoms with Crippen molar-refractivity contribution in [2.75, 3.05) is 7.11 Å². The molecule has 0 radical (unpaired) electrons. The number of nitrogens with zero attached hydrogens (tertiary/aromatic N) is 1. The van der Waals surface area contributed by atoms with E-state index in [1.807, 2.05) is 0 Å². The van der Waals surface area contributed by atoms with Gasteiger partial charge in [-0.05, 0) is 61.4 Å². The largest absolute Gasteiger partial charge is 0.497 e. The molecule has 0 bridgehead atoms. The van der Waals surface area contributed by atoms with Crippen molar-refractivity contribution >= 4 is 15.8 Å². The van der Waals surface area contributed by atoms with Crippen LogP contribution < -0.4 is 9.88 Å². The predicted molar refractivity (Wildman–Crippen MR) is 110 cm³/mol. The van der Waals surface area contributed by atoms with Crippen LogP contribution in [0.25, 0.3) is 0 Å². The van der Waals surface area contributed by atoms with Crippen molar-refractivity contribution in [3.8, 4) is 5.75 Å². The molecule has 7 nitrogen and oxygen atoms in total. The lowest BCUT2D eigenvalue weighted by Gasteiger charge is -2.26. The quantitative estimate of drug-likeness (QED) is 0.578. The molecule has 8 heteroatoms. The number of H-pyrrole nitrogens is 1. The molecule has 3 N–H and O–H groups in total. The number of aryl methyl sites for hydroxylation is 1. The van der Waals surface area contributed by atoms with Gasteiger partial charge in [-0.1, -0.05) is 6.07 Å². The number of benzene rings is 1. The number of ketones is 1. The number of aromatic amines is 1. The van der Waals surface area contributed by atoms with E-state index in [-0.39, 0.29) is 12.2 Å². The number of ether oxygens (including phenoxy) is 1. The number of sulfonamides is 1. The van der Waals surface area contributed by atoms with Crippen LogP contribution in [0.5, 0.6) is 5.75 Å². The fourth-order valence-corrected chi connectivity index (χ4v) is 4.06. The van der Waals surface area contributed by atoms with E-state index < -0.39 is 14.8 Å². The summed E-state index contributed by atoms with van der Waals surface area (Å²) in [5.74, 6) is 0.473. The minimum absolute atomic E-state index is 0.0776. The van der Waals surface area contributed by atoms with Gasteiger partial charge >= 0.3 is 0 Å². The fourth-order valence-electron chi connectivity index (χ4n) is 3.25. The van der Waals surface area contributed by atoms with Gasteiger partial charge in [-0.25, -0.2) is 13.6 Å². The van der Waals surface area contributed by atoms with Crippen LogP contribution in [-0.2, 0) is 21.2 Å². The zero-order chi connectivity index (χ0) is 21.2. The first-order chi connectivity index (χ1) is 13.7. The molecule has 1 unspecified atom stereocenters. The van der Waals surface area contributed by atoms with E-state index in [4.69, 9.17) is 9.88 Å². The Bertz CT molecular complexity index is 1120. The minimum Gasteiger partial charge on any atom is -0.497 e. The number of methoxy groups -OCH3 is 1. The molecule has 0 spiro atoms. The SMILES string of the molecule is COc1ccc(C(=O)c2[nH]c(CC(C)(c3cccnc3)S(N)(=O)=O)cc2C)cc1. The third-order valence-corrected chi connectivity index (χ3v) is 6.71. The third kappa shape index (κ3) is 4.08. The molecule has 152 valence electrons. The lowest BCUT2D eigenvalue weighted by atomic mass is 9.96. The minimum atomic E-state index is -3.96. The van der Waals surface area contributed by atoms with Gasteiger partial charge in [0.05, 0.1) is 12.8 Å². The summed E-state index contributed by atoms with van der Waals surface area (Å²) in [7, 11) is -2.40. The molecule has 3 rings (SSSR count). The van der Waals surface area contributed by atoms with Crippen molar-refractivity contribution < 1.29 is 17.9 Å². The number of primary sulfonamides is 1. The Labute approximate surface area is 170 Å². The molecule has 1 aromatic carbocycles. The number of carbonyl (C=O) groups excluding carboxylic acids is 1. The standard InChI is InChI=1S/C21H23N3O4S/c1-14-11-17(12-21(2,29(22,26)27)16-5-4-10-23-13-16)24-19(14)20(25)15-6-8-18(28-3)9-7-15/h4-11,13,24H,12H2,1-3H3,(H2,22,26,27). The highest BCUT2D eigenvalue weighted by Crippen LogP contribution is 2.32. The smallest absolute Gasteiger partial charge is 0.219 e. The van der Waals surface area contributed by atoms with Crippen molar-refractivity contribution in [1.29, 1.82) is 0 Å². The highest BCUT2D eigenvalue weighted by molar-refractivity contribution is 7.90. The van der Waals surface area contributed by atoms with Gasteiger partial charge in [-0.2, -0.15) is 0 Å². The van der Waals surface area contributed by atoms with Crippen LogP contribution in [-0.4, -0.2) is 31.3 Å². The zero-order valence-corrected chi connectivity index (χ0v) is 17.3. The Balaban J connectivity index is 1.95. The third-order valence-electron chi connectivity index (χ3n) is 5.08. The summed E-state index contributed by atoms with van der Waals surface area (Å²) in [4.78, 5) is 20.0. The molecular formula is C21H23N3O4S. The topological polar surface area (TPSA) is 115 Å². The Morgan fingerprint density at radius 2 is 1.93 bits per heavy atom. The van der Waals surface area contributed by atoms with E-state index in [0.29, 0.717) is 28.3 Å². The fraction of sp³-hybridized carbons (Fsp3) is 0.238. The summed E-state index contributed by atoms with van der Waals surface area (Å²) < 4.78 is 28.6. The van der Waals surface area contributed by atoms with Gasteiger partial charge in [0, 0.05) is 30.1 Å². The van der Waals surface area contributed by atoms with E-state index in [9.17, 15) is 13.2 Å². The first-order valence-corrected chi connectivity index (χ1v) is 10.5. The number of nitrogens with two attached hydrogens (primary N) is 1. The van der Waals surface area contributed by atoms with Gasteiger partial charge in [0.2, 0.25) is 15.8 Å². The second-order valence-corrected chi connectivity index (χ2v) is 9.10. The van der Waals surface area contributed by atoms with Crippen LogP contribution >= 0.6 is 0 Å². The summed E-state index contributed by atoms with van der Waals surface area (Å²) >= 11 is 0. The number of hydrogen-bond acceptors (Lipinski definition) is 5. The van der Waals surface area contributed by atoms with Gasteiger partial charge in [0.1, 0.15) is 10.5 Å². The number of aromatic nitrogens is 2. The average Bonchev–Trinajstić information content (AvgIpc) is 3.07. The van der Waals surface area contributed by atoms with Crippen LogP contribution in [0.2, 0.25) is 0 Å². The lowest BCUT2D eigenvalue weighted by Crippen LogP contribution is -2.40. The Kier molecular flexibility index (Phi) is 5.59. The molecule has 0 saturated heterocycles. The Morgan fingerprint density at radius 3 is 2.48 bits per heavy atom. The van der Waals surface area contributed by atoms with Gasteiger partial charge in [-0.15, -0.1) is 0 Å². The molecule has 3 aromatic rings. The van der Waals surface area contributed by atoms with E-state index >= 15 is 0 Å². The maximum Gasteiger partial charge on any atom is 0.219 e. The normalized spacial score (nSPS) is 13.7. The highest BCUT2D eigenvalue weighted by atomic mass is 32.2. The van der Waals surface area contributed by atoms with Gasteiger partial charge in [-0.3, -0.25) is 9.78 Å². The summed E-state index contributed by atoms with van der Waals surface area (Å²) in [6, 6.07) is 11.9. The number of nitrogens with one attached hydrogen (secondary N) is 1. The van der Waals surface area contributed by atoms with E-state index in [2.05, 4.69) is 9.97 Å². The number of carbonyl (C=O) groups is 1. The van der Waals surface area contributed by atoms with Crippen molar-refractivity contribution in [1.82, 2.24) is 9.97 Å². The van der Waals surface area contributed by atoms with Crippen LogP contribution in [0.1, 0.15) is 39.8 Å². The van der Waals surface area contributed by atoms with Crippen molar-refractivity contribution in [3.05, 3.63) is 82.9 Å². The first kappa shape index (κ1) is 20.8. The molecule has 0 aliphatic rings. The van der Waals surface area contributed by atoms with Crippen LogP contribution in [0.15, 0.2) is 54.9 Å². The van der Waals surface area contributed by atoms with Gasteiger partial charge in [0.15, 0.2) is 0 Å². The van der Waals surface area contributed by atoms with E-state index in [1.165, 1.54) is 6.20 Å². The Hall–Kier alpha value is -2.97. The number of rotatable bonds is 7. The average molecular weight is 413 g/mol. The molecule has 2 aromatic heterocycles. The van der Waals surface area contributed by atoms with Crippen LogP contribution in [0, 0.1) is 6.92 Å². The molecule has 0 saturated carbocycles. The van der Waals surface area contributed by atoms with Gasteiger partial charge in [0.25, 0.3) is 0 Å². The second kappa shape index (κ2) is 7.81. The maximum atomic E-state index is 12.9. The monoisotopic (exact) mass is 413 g/mol. The van der Waals surface area contributed by atoms with Crippen molar-refractivity contribution in [3.63, 3.8) is 0 Å². The summed E-state index contributed by atoms with van der Waals surface area (Å²) in [6.45, 7) is 3.36. The predicted octanol–water partition coefficient (Wildman–Crippen LogP) is 2.70. The molecule has 0 aliphatic carbocycles. The first-order valence-electron chi connectivity index (χ1n) is 8.96. The highest BCUT2D eigenvalue weighted by Gasteiger charge is 2.39. The van der Waals surface area contributed by atoms with E-state index in [0.717, 1.165) is 5.56 Å². The number of hydrogen-bond donors (Lipinski definition) is 2. The second-order valence-electron chi connectivity index (χ2n) is 7.10. The zero-order valence-electron chi connectivity index (χ0n) is 16.5. The number of pyridine rings is 1. The van der Waals surface area contributed by atoms with Crippen LogP contribution in [0.3, 0.4) is 0 Å². The van der Waals surface area contributed by atoms with Crippen molar-refractivity contribution in [2.45, 2.75) is 25.0 Å². The molecular weight excluding hydrogens is 390 g/mol. The molecule has 0 amide bonds. The molecule has 1 atom stereocenters. The summed E-state index contributed by atoms with van der Waals surface area (Å²) in [6.07, 6.45) is 3.13. The molecule has 29 heavy (non-hydrogen) atoms. The lowest BCUT2D eigenvalue weighted by molar-refractivity contribution is 0.103. The molecule has 2 heterocycles. The van der Waals surface area contributed by atoms with Gasteiger partial charge < -0.3 is 9.72 Å².